The van der Waals surface area contributed by atoms with Crippen molar-refractivity contribution >= 4 is 40.5 Å². The number of benzene rings is 1. The standard InChI is InChI=1S/C14H20Cl2N2O2/c1-5-14(3,4)20-8(2)13(19)18-12-10(16)6-9(15)7-11(12)17/h6-8H,5,17H2,1-4H3,(H,18,19). The van der Waals surface area contributed by atoms with E-state index in [-0.39, 0.29) is 11.5 Å². The molecular weight excluding hydrogens is 299 g/mol. The van der Waals surface area contributed by atoms with Gasteiger partial charge in [-0.2, -0.15) is 0 Å². The van der Waals surface area contributed by atoms with Crippen LogP contribution in [-0.2, 0) is 9.53 Å². The summed E-state index contributed by atoms with van der Waals surface area (Å²) in [5.41, 5.74) is 6.10. The maximum atomic E-state index is 12.1. The molecular formula is C14H20Cl2N2O2. The van der Waals surface area contributed by atoms with Crippen LogP contribution >= 0.6 is 23.2 Å². The molecule has 112 valence electrons. The van der Waals surface area contributed by atoms with Crippen LogP contribution in [0.5, 0.6) is 0 Å². The molecule has 0 fully saturated rings. The zero-order valence-electron chi connectivity index (χ0n) is 12.1. The minimum Gasteiger partial charge on any atom is -0.397 e. The van der Waals surface area contributed by atoms with Gasteiger partial charge in [-0.15, -0.1) is 0 Å². The van der Waals surface area contributed by atoms with Crippen molar-refractivity contribution in [2.45, 2.75) is 45.8 Å². The lowest BCUT2D eigenvalue weighted by molar-refractivity contribution is -0.137. The number of halogens is 2. The van der Waals surface area contributed by atoms with Crippen LogP contribution in [0.25, 0.3) is 0 Å². The highest BCUT2D eigenvalue weighted by molar-refractivity contribution is 6.37. The Bertz CT molecular complexity index is 481. The SMILES string of the molecule is CCC(C)(C)OC(C)C(=O)Nc1c(N)cc(Cl)cc1Cl. The number of amides is 1. The van der Waals surface area contributed by atoms with Crippen molar-refractivity contribution in [3.63, 3.8) is 0 Å². The van der Waals surface area contributed by atoms with Gasteiger partial charge in [0.1, 0.15) is 6.10 Å². The maximum Gasteiger partial charge on any atom is 0.253 e. The van der Waals surface area contributed by atoms with Gasteiger partial charge in [-0.05, 0) is 39.3 Å². The number of carbonyl (C=O) groups is 1. The molecule has 1 rings (SSSR count). The Balaban J connectivity index is 2.81. The molecule has 0 aliphatic heterocycles. The fraction of sp³-hybridized carbons (Fsp3) is 0.500. The van der Waals surface area contributed by atoms with Crippen molar-refractivity contribution in [3.05, 3.63) is 22.2 Å². The van der Waals surface area contributed by atoms with E-state index in [0.29, 0.717) is 21.4 Å². The lowest BCUT2D eigenvalue weighted by atomic mass is 10.1. The van der Waals surface area contributed by atoms with Gasteiger partial charge >= 0.3 is 0 Å². The van der Waals surface area contributed by atoms with Crippen molar-refractivity contribution in [3.8, 4) is 0 Å². The third kappa shape index (κ3) is 4.54. The Morgan fingerprint density at radius 3 is 2.55 bits per heavy atom. The Morgan fingerprint density at radius 2 is 2.05 bits per heavy atom. The third-order valence-electron chi connectivity index (χ3n) is 3.05. The zero-order chi connectivity index (χ0) is 15.5. The maximum absolute atomic E-state index is 12.1. The van der Waals surface area contributed by atoms with E-state index in [1.165, 1.54) is 12.1 Å². The predicted molar refractivity (Wildman–Crippen MR) is 84.4 cm³/mol. The van der Waals surface area contributed by atoms with Gasteiger partial charge in [0.25, 0.3) is 5.91 Å². The number of anilines is 2. The van der Waals surface area contributed by atoms with Crippen molar-refractivity contribution in [2.24, 2.45) is 0 Å². The Labute approximate surface area is 129 Å². The number of nitrogen functional groups attached to an aromatic ring is 1. The Morgan fingerprint density at radius 1 is 1.45 bits per heavy atom. The van der Waals surface area contributed by atoms with E-state index in [4.69, 9.17) is 33.7 Å². The fourth-order valence-electron chi connectivity index (χ4n) is 1.57. The molecule has 1 unspecified atom stereocenters. The molecule has 1 aromatic carbocycles. The van der Waals surface area contributed by atoms with Crippen molar-refractivity contribution < 1.29 is 9.53 Å². The molecule has 6 heteroatoms. The third-order valence-corrected chi connectivity index (χ3v) is 3.57. The molecule has 20 heavy (non-hydrogen) atoms. The molecule has 0 bridgehead atoms. The summed E-state index contributed by atoms with van der Waals surface area (Å²) in [5, 5.41) is 3.39. The first-order valence-electron chi connectivity index (χ1n) is 6.39. The van der Waals surface area contributed by atoms with E-state index in [9.17, 15) is 4.79 Å². The summed E-state index contributed by atoms with van der Waals surface area (Å²) in [7, 11) is 0. The minimum absolute atomic E-state index is 0.297. The first kappa shape index (κ1) is 17.1. The van der Waals surface area contributed by atoms with E-state index in [1.807, 2.05) is 20.8 Å². The van der Waals surface area contributed by atoms with E-state index in [2.05, 4.69) is 5.32 Å². The summed E-state index contributed by atoms with van der Waals surface area (Å²) in [5.74, 6) is -0.303. The average molecular weight is 319 g/mol. The van der Waals surface area contributed by atoms with Gasteiger partial charge in [-0.1, -0.05) is 30.1 Å². The second-order valence-corrected chi connectivity index (χ2v) is 6.06. The lowest BCUT2D eigenvalue weighted by Crippen LogP contribution is -2.36. The summed E-state index contributed by atoms with van der Waals surface area (Å²) in [6, 6.07) is 3.06. The number of nitrogens with one attached hydrogen (secondary N) is 1. The first-order chi connectivity index (χ1) is 9.16. The molecule has 0 aliphatic carbocycles. The molecule has 3 N–H and O–H groups in total. The van der Waals surface area contributed by atoms with Crippen LogP contribution in [-0.4, -0.2) is 17.6 Å². The molecule has 0 aliphatic rings. The van der Waals surface area contributed by atoms with Crippen LogP contribution in [0.4, 0.5) is 11.4 Å². The fourth-order valence-corrected chi connectivity index (χ4v) is 2.12. The first-order valence-corrected chi connectivity index (χ1v) is 7.15. The molecule has 0 saturated carbocycles. The number of ether oxygens (including phenoxy) is 1. The van der Waals surface area contributed by atoms with Crippen LogP contribution in [0, 0.1) is 0 Å². The van der Waals surface area contributed by atoms with Gasteiger partial charge < -0.3 is 15.8 Å². The Kier molecular flexibility index (Phi) is 5.68. The summed E-state index contributed by atoms with van der Waals surface area (Å²) in [4.78, 5) is 12.1. The lowest BCUT2D eigenvalue weighted by Gasteiger charge is -2.27. The predicted octanol–water partition coefficient (Wildman–Crippen LogP) is 4.11. The monoisotopic (exact) mass is 318 g/mol. The second kappa shape index (κ2) is 6.66. The minimum atomic E-state index is -0.615. The average Bonchev–Trinajstić information content (AvgIpc) is 2.32. The van der Waals surface area contributed by atoms with Gasteiger partial charge in [0, 0.05) is 5.02 Å². The van der Waals surface area contributed by atoms with Gasteiger partial charge in [-0.3, -0.25) is 4.79 Å². The number of hydrogen-bond acceptors (Lipinski definition) is 3. The Hall–Kier alpha value is -0.970. The van der Waals surface area contributed by atoms with Crippen molar-refractivity contribution in [1.82, 2.24) is 0 Å². The van der Waals surface area contributed by atoms with Crippen LogP contribution in [0.15, 0.2) is 12.1 Å². The molecule has 4 nitrogen and oxygen atoms in total. The molecule has 1 atom stereocenters. The van der Waals surface area contributed by atoms with E-state index in [1.54, 1.807) is 6.92 Å². The van der Waals surface area contributed by atoms with Gasteiger partial charge in [-0.25, -0.2) is 0 Å². The molecule has 0 saturated heterocycles. The molecule has 0 spiro atoms. The topological polar surface area (TPSA) is 64.3 Å². The number of nitrogens with two attached hydrogens (primary N) is 1. The molecule has 0 radical (unpaired) electrons. The van der Waals surface area contributed by atoms with Gasteiger partial charge in [0.2, 0.25) is 0 Å². The largest absolute Gasteiger partial charge is 0.397 e. The highest BCUT2D eigenvalue weighted by Crippen LogP contribution is 2.32. The van der Waals surface area contributed by atoms with Crippen LogP contribution in [0.1, 0.15) is 34.1 Å². The number of rotatable bonds is 5. The highest BCUT2D eigenvalue weighted by Gasteiger charge is 2.24. The quantitative estimate of drug-likeness (QED) is 0.803. The summed E-state index contributed by atoms with van der Waals surface area (Å²) < 4.78 is 5.70. The highest BCUT2D eigenvalue weighted by atomic mass is 35.5. The van der Waals surface area contributed by atoms with E-state index < -0.39 is 6.10 Å². The van der Waals surface area contributed by atoms with Crippen LogP contribution in [0.3, 0.4) is 0 Å². The zero-order valence-corrected chi connectivity index (χ0v) is 13.6. The van der Waals surface area contributed by atoms with Gasteiger partial charge in [0.05, 0.1) is 22.0 Å². The van der Waals surface area contributed by atoms with E-state index >= 15 is 0 Å². The molecule has 1 aromatic rings. The molecule has 0 aromatic heterocycles. The number of carbonyl (C=O) groups excluding carboxylic acids is 1. The van der Waals surface area contributed by atoms with E-state index in [0.717, 1.165) is 6.42 Å². The van der Waals surface area contributed by atoms with Crippen molar-refractivity contribution in [1.29, 1.82) is 0 Å². The number of hydrogen-bond donors (Lipinski definition) is 2. The smallest absolute Gasteiger partial charge is 0.253 e. The summed E-state index contributed by atoms with van der Waals surface area (Å²) in [6.07, 6.45) is 0.185. The van der Waals surface area contributed by atoms with Gasteiger partial charge in [0.15, 0.2) is 0 Å². The molecule has 1 amide bonds. The van der Waals surface area contributed by atoms with Crippen molar-refractivity contribution in [2.75, 3.05) is 11.1 Å². The molecule has 0 heterocycles. The second-order valence-electron chi connectivity index (χ2n) is 5.21. The normalized spacial score (nSPS) is 13.1. The summed E-state index contributed by atoms with van der Waals surface area (Å²) >= 11 is 11.8. The summed E-state index contributed by atoms with van der Waals surface area (Å²) in [6.45, 7) is 7.55. The van der Waals surface area contributed by atoms with Crippen LogP contribution < -0.4 is 11.1 Å². The van der Waals surface area contributed by atoms with Crippen LogP contribution in [0.2, 0.25) is 10.0 Å².